The van der Waals surface area contributed by atoms with Gasteiger partial charge in [0.05, 0.1) is 17.8 Å². The Kier molecular flexibility index (Phi) is 8.01. The predicted octanol–water partition coefficient (Wildman–Crippen LogP) is 4.71. The molecule has 1 fully saturated rings. The van der Waals surface area contributed by atoms with E-state index in [2.05, 4.69) is 47.6 Å². The van der Waals surface area contributed by atoms with E-state index in [0.717, 1.165) is 19.3 Å². The zero-order chi connectivity index (χ0) is 18.4. The SMILES string of the molecule is CCC.CCOC(=O)CC1CC=C(B2OC(C)(C)C(C)(C)O2)CC1. The van der Waals surface area contributed by atoms with Crippen LogP contribution < -0.4 is 0 Å². The minimum atomic E-state index is -0.291. The molecule has 1 aliphatic heterocycles. The fourth-order valence-corrected chi connectivity index (χ4v) is 2.76. The van der Waals surface area contributed by atoms with Crippen molar-refractivity contribution in [3.8, 4) is 0 Å². The van der Waals surface area contributed by atoms with Crippen LogP contribution in [0.5, 0.6) is 0 Å². The third kappa shape index (κ3) is 5.63. The van der Waals surface area contributed by atoms with E-state index in [1.807, 2.05) is 6.92 Å². The summed E-state index contributed by atoms with van der Waals surface area (Å²) >= 11 is 0. The molecule has 0 N–H and O–H groups in total. The Morgan fingerprint density at radius 3 is 2.17 bits per heavy atom. The summed E-state index contributed by atoms with van der Waals surface area (Å²) in [7, 11) is -0.237. The molecule has 0 aromatic heterocycles. The van der Waals surface area contributed by atoms with Gasteiger partial charge >= 0.3 is 13.1 Å². The fourth-order valence-electron chi connectivity index (χ4n) is 2.76. The first-order valence-electron chi connectivity index (χ1n) is 9.37. The molecule has 24 heavy (non-hydrogen) atoms. The van der Waals surface area contributed by atoms with Crippen LogP contribution in [0.15, 0.2) is 11.5 Å². The van der Waals surface area contributed by atoms with Gasteiger partial charge in [-0.2, -0.15) is 0 Å². The van der Waals surface area contributed by atoms with E-state index in [1.165, 1.54) is 11.9 Å². The van der Waals surface area contributed by atoms with E-state index in [0.29, 0.717) is 18.9 Å². The van der Waals surface area contributed by atoms with Crippen molar-refractivity contribution in [2.24, 2.45) is 5.92 Å². The van der Waals surface area contributed by atoms with Gasteiger partial charge in [-0.15, -0.1) is 0 Å². The van der Waals surface area contributed by atoms with Gasteiger partial charge in [-0.05, 0) is 65.3 Å². The van der Waals surface area contributed by atoms with Gasteiger partial charge in [0.25, 0.3) is 0 Å². The smallest absolute Gasteiger partial charge is 0.466 e. The number of carbonyl (C=O) groups is 1. The van der Waals surface area contributed by atoms with Crippen molar-refractivity contribution in [1.82, 2.24) is 0 Å². The van der Waals surface area contributed by atoms with Crippen LogP contribution in [0.2, 0.25) is 0 Å². The van der Waals surface area contributed by atoms with Crippen LogP contribution in [0.1, 0.15) is 80.6 Å². The summed E-state index contributed by atoms with van der Waals surface area (Å²) in [6.07, 6.45) is 6.78. The van der Waals surface area contributed by atoms with E-state index < -0.39 is 0 Å². The summed E-state index contributed by atoms with van der Waals surface area (Å²) in [4.78, 5) is 11.5. The Hall–Kier alpha value is -0.805. The molecule has 2 rings (SSSR count). The lowest BCUT2D eigenvalue weighted by molar-refractivity contribution is -0.144. The summed E-state index contributed by atoms with van der Waals surface area (Å²) in [5.74, 6) is 0.296. The lowest BCUT2D eigenvalue weighted by Gasteiger charge is -2.32. The summed E-state index contributed by atoms with van der Waals surface area (Å²) < 4.78 is 17.2. The number of allylic oxidation sites excluding steroid dienone is 2. The Morgan fingerprint density at radius 2 is 1.75 bits per heavy atom. The van der Waals surface area contributed by atoms with E-state index in [9.17, 15) is 4.79 Å². The van der Waals surface area contributed by atoms with Crippen LogP contribution in [0.25, 0.3) is 0 Å². The van der Waals surface area contributed by atoms with Gasteiger partial charge in [-0.1, -0.05) is 26.3 Å². The van der Waals surface area contributed by atoms with E-state index in [1.54, 1.807) is 0 Å². The molecule has 0 aromatic carbocycles. The van der Waals surface area contributed by atoms with Crippen molar-refractivity contribution in [2.75, 3.05) is 6.61 Å². The summed E-state index contributed by atoms with van der Waals surface area (Å²) in [5.41, 5.74) is 0.634. The molecule has 1 heterocycles. The number of hydrogen-bond acceptors (Lipinski definition) is 4. The minimum Gasteiger partial charge on any atom is -0.466 e. The Morgan fingerprint density at radius 1 is 1.21 bits per heavy atom. The highest BCUT2D eigenvalue weighted by Crippen LogP contribution is 2.40. The average Bonchev–Trinajstić information content (AvgIpc) is 2.69. The van der Waals surface area contributed by atoms with Crippen LogP contribution in [-0.4, -0.2) is 30.9 Å². The number of carbonyl (C=O) groups excluding carboxylic acids is 1. The normalized spacial score (nSPS) is 24.7. The number of ether oxygens (including phenoxy) is 1. The van der Waals surface area contributed by atoms with Crippen molar-refractivity contribution in [3.05, 3.63) is 11.5 Å². The van der Waals surface area contributed by atoms with Gasteiger partial charge in [-0.3, -0.25) is 4.79 Å². The molecule has 5 heteroatoms. The maximum Gasteiger partial charge on any atom is 0.490 e. The molecule has 1 unspecified atom stereocenters. The molecule has 0 saturated carbocycles. The molecule has 138 valence electrons. The molecule has 2 aliphatic rings. The highest BCUT2D eigenvalue weighted by molar-refractivity contribution is 6.54. The van der Waals surface area contributed by atoms with Crippen LogP contribution >= 0.6 is 0 Å². The quantitative estimate of drug-likeness (QED) is 0.550. The second-order valence-electron chi connectivity index (χ2n) is 7.72. The summed E-state index contributed by atoms with van der Waals surface area (Å²) in [5, 5.41) is 0. The van der Waals surface area contributed by atoms with E-state index >= 15 is 0 Å². The van der Waals surface area contributed by atoms with Gasteiger partial charge in [0.2, 0.25) is 0 Å². The topological polar surface area (TPSA) is 44.8 Å². The minimum absolute atomic E-state index is 0.0880. The molecule has 0 amide bonds. The van der Waals surface area contributed by atoms with Crippen molar-refractivity contribution >= 4 is 13.1 Å². The molecule has 0 radical (unpaired) electrons. The summed E-state index contributed by atoms with van der Waals surface area (Å²) in [6.45, 7) is 14.8. The first-order chi connectivity index (χ1) is 11.2. The van der Waals surface area contributed by atoms with Crippen LogP contribution in [0.3, 0.4) is 0 Å². The number of rotatable bonds is 4. The lowest BCUT2D eigenvalue weighted by Crippen LogP contribution is -2.41. The Bertz CT molecular complexity index is 427. The first kappa shape index (κ1) is 21.2. The fraction of sp³-hybridized carbons (Fsp3) is 0.842. The monoisotopic (exact) mass is 338 g/mol. The molecular weight excluding hydrogens is 303 g/mol. The second-order valence-corrected chi connectivity index (χ2v) is 7.72. The molecular formula is C19H35BO4. The van der Waals surface area contributed by atoms with Crippen molar-refractivity contribution in [1.29, 1.82) is 0 Å². The van der Waals surface area contributed by atoms with Crippen molar-refractivity contribution in [3.63, 3.8) is 0 Å². The van der Waals surface area contributed by atoms with E-state index in [4.69, 9.17) is 14.0 Å². The maximum absolute atomic E-state index is 11.5. The first-order valence-corrected chi connectivity index (χ1v) is 9.37. The van der Waals surface area contributed by atoms with Crippen LogP contribution in [-0.2, 0) is 18.8 Å². The maximum atomic E-state index is 11.5. The second kappa shape index (κ2) is 9.05. The third-order valence-corrected chi connectivity index (χ3v) is 4.87. The zero-order valence-electron chi connectivity index (χ0n) is 16.6. The Labute approximate surface area is 148 Å². The standard InChI is InChI=1S/C16H27BO4.C3H8/c1-6-19-14(18)11-12-7-9-13(10-8-12)17-20-15(2,3)16(4,5)21-17;1-3-2/h9,12H,6-8,10-11H2,1-5H3;3H2,1-2H3. The highest BCUT2D eigenvalue weighted by Gasteiger charge is 2.52. The largest absolute Gasteiger partial charge is 0.490 e. The van der Waals surface area contributed by atoms with Gasteiger partial charge < -0.3 is 14.0 Å². The molecule has 0 bridgehead atoms. The van der Waals surface area contributed by atoms with E-state index in [-0.39, 0.29) is 24.3 Å². The van der Waals surface area contributed by atoms with Gasteiger partial charge in [0.15, 0.2) is 0 Å². The van der Waals surface area contributed by atoms with Gasteiger partial charge in [-0.25, -0.2) is 0 Å². The van der Waals surface area contributed by atoms with Gasteiger partial charge in [0.1, 0.15) is 0 Å². The van der Waals surface area contributed by atoms with Crippen LogP contribution in [0, 0.1) is 5.92 Å². The van der Waals surface area contributed by atoms with Gasteiger partial charge in [0, 0.05) is 6.42 Å². The number of esters is 1. The molecule has 4 nitrogen and oxygen atoms in total. The Balaban J connectivity index is 0.000000891. The lowest BCUT2D eigenvalue weighted by atomic mass is 9.70. The summed E-state index contributed by atoms with van der Waals surface area (Å²) in [6, 6.07) is 0. The highest BCUT2D eigenvalue weighted by atomic mass is 16.7. The zero-order valence-corrected chi connectivity index (χ0v) is 16.6. The molecule has 1 atom stereocenters. The predicted molar refractivity (Wildman–Crippen MR) is 98.7 cm³/mol. The average molecular weight is 338 g/mol. The molecule has 1 aliphatic carbocycles. The molecule has 0 aromatic rings. The van der Waals surface area contributed by atoms with Crippen molar-refractivity contribution in [2.45, 2.75) is 91.8 Å². The van der Waals surface area contributed by atoms with Crippen molar-refractivity contribution < 1.29 is 18.8 Å². The molecule has 0 spiro atoms. The third-order valence-electron chi connectivity index (χ3n) is 4.87. The van der Waals surface area contributed by atoms with Crippen LogP contribution in [0.4, 0.5) is 0 Å². The number of hydrogen-bond donors (Lipinski definition) is 0. The molecule has 1 saturated heterocycles.